The van der Waals surface area contributed by atoms with Gasteiger partial charge in [0.25, 0.3) is 0 Å². The molecular formula is C17H16N2O. The summed E-state index contributed by atoms with van der Waals surface area (Å²) in [6.45, 7) is 0. The lowest BCUT2D eigenvalue weighted by atomic mass is 9.98. The number of rotatable bonds is 4. The van der Waals surface area contributed by atoms with Gasteiger partial charge >= 0.3 is 0 Å². The Hall–Kier alpha value is -2.26. The molecule has 0 spiro atoms. The van der Waals surface area contributed by atoms with Crippen LogP contribution >= 0.6 is 0 Å². The number of hydrogen-bond donors (Lipinski definition) is 1. The molecule has 100 valence electrons. The predicted octanol–water partition coefficient (Wildman–Crippen LogP) is 3.30. The third-order valence-electron chi connectivity index (χ3n) is 3.48. The molecule has 0 radical (unpaired) electrons. The average Bonchev–Trinajstić information content (AvgIpc) is 2.53. The zero-order chi connectivity index (χ0) is 13.8. The molecule has 2 aromatic heterocycles. The van der Waals surface area contributed by atoms with Crippen molar-refractivity contribution in [3.8, 4) is 0 Å². The van der Waals surface area contributed by atoms with Gasteiger partial charge < -0.3 is 5.11 Å². The fourth-order valence-electron chi connectivity index (χ4n) is 2.41. The zero-order valence-corrected chi connectivity index (χ0v) is 11.1. The minimum absolute atomic E-state index is 0.495. The van der Waals surface area contributed by atoms with Gasteiger partial charge in [0.2, 0.25) is 0 Å². The Labute approximate surface area is 117 Å². The van der Waals surface area contributed by atoms with Crippen LogP contribution in [0.15, 0.2) is 61.1 Å². The highest BCUT2D eigenvalue weighted by molar-refractivity contribution is 5.85. The molecule has 1 atom stereocenters. The molecular weight excluding hydrogens is 248 g/mol. The van der Waals surface area contributed by atoms with Crippen molar-refractivity contribution in [2.24, 2.45) is 0 Å². The van der Waals surface area contributed by atoms with E-state index in [-0.39, 0.29) is 0 Å². The van der Waals surface area contributed by atoms with Crippen LogP contribution in [0, 0.1) is 0 Å². The minimum atomic E-state index is -0.495. The summed E-state index contributed by atoms with van der Waals surface area (Å²) in [6, 6.07) is 13.8. The number of aliphatic hydroxyl groups is 1. The lowest BCUT2D eigenvalue weighted by Crippen LogP contribution is -2.01. The van der Waals surface area contributed by atoms with Crippen molar-refractivity contribution >= 4 is 10.8 Å². The first-order valence-corrected chi connectivity index (χ1v) is 6.75. The van der Waals surface area contributed by atoms with Gasteiger partial charge in [0.05, 0.1) is 6.10 Å². The van der Waals surface area contributed by atoms with Crippen molar-refractivity contribution < 1.29 is 5.11 Å². The molecule has 0 bridgehead atoms. The fourth-order valence-corrected chi connectivity index (χ4v) is 2.41. The standard InChI is InChI=1S/C17H16N2O/c20-17(8-7-14-5-1-2-10-19-14)15-6-3-4-13-9-11-18-12-16(13)15/h1-6,9-12,17,20H,7-8H2. The number of nitrogens with zero attached hydrogens (tertiary/aromatic N) is 2. The number of benzene rings is 1. The SMILES string of the molecule is OC(CCc1ccccn1)c1cccc2ccncc12. The Morgan fingerprint density at radius 2 is 1.95 bits per heavy atom. The Morgan fingerprint density at radius 1 is 1.00 bits per heavy atom. The van der Waals surface area contributed by atoms with E-state index in [2.05, 4.69) is 9.97 Å². The van der Waals surface area contributed by atoms with Crippen molar-refractivity contribution in [2.45, 2.75) is 18.9 Å². The maximum absolute atomic E-state index is 10.4. The van der Waals surface area contributed by atoms with E-state index in [1.807, 2.05) is 48.7 Å². The fraction of sp³-hybridized carbons (Fsp3) is 0.176. The van der Waals surface area contributed by atoms with E-state index in [1.54, 1.807) is 12.4 Å². The topological polar surface area (TPSA) is 46.0 Å². The van der Waals surface area contributed by atoms with Crippen LogP contribution in [0.25, 0.3) is 10.8 Å². The lowest BCUT2D eigenvalue weighted by Gasteiger charge is -2.13. The Kier molecular flexibility index (Phi) is 3.70. The number of aliphatic hydroxyl groups excluding tert-OH is 1. The van der Waals surface area contributed by atoms with Crippen molar-refractivity contribution in [2.75, 3.05) is 0 Å². The van der Waals surface area contributed by atoms with Gasteiger partial charge in [-0.3, -0.25) is 9.97 Å². The Morgan fingerprint density at radius 3 is 2.80 bits per heavy atom. The van der Waals surface area contributed by atoms with Crippen LogP contribution in [-0.4, -0.2) is 15.1 Å². The van der Waals surface area contributed by atoms with Gasteiger partial charge in [-0.15, -0.1) is 0 Å². The third-order valence-corrected chi connectivity index (χ3v) is 3.48. The summed E-state index contributed by atoms with van der Waals surface area (Å²) in [5.74, 6) is 0. The second kappa shape index (κ2) is 5.80. The second-order valence-electron chi connectivity index (χ2n) is 4.82. The molecule has 2 heterocycles. The Balaban J connectivity index is 1.80. The van der Waals surface area contributed by atoms with Crippen LogP contribution < -0.4 is 0 Å². The smallest absolute Gasteiger partial charge is 0.0800 e. The van der Waals surface area contributed by atoms with E-state index in [0.717, 1.165) is 28.5 Å². The van der Waals surface area contributed by atoms with Crippen LogP contribution in [0.2, 0.25) is 0 Å². The van der Waals surface area contributed by atoms with Gasteiger partial charge in [0.1, 0.15) is 0 Å². The first kappa shape index (κ1) is 12.8. The summed E-state index contributed by atoms with van der Waals surface area (Å²) in [6.07, 6.45) is 6.29. The number of aromatic nitrogens is 2. The van der Waals surface area contributed by atoms with Gasteiger partial charge in [-0.1, -0.05) is 24.3 Å². The molecule has 0 amide bonds. The van der Waals surface area contributed by atoms with Gasteiger partial charge in [0, 0.05) is 29.7 Å². The number of pyridine rings is 2. The largest absolute Gasteiger partial charge is 0.388 e. The van der Waals surface area contributed by atoms with Crippen LogP contribution in [0.4, 0.5) is 0 Å². The molecule has 3 aromatic rings. The summed E-state index contributed by atoms with van der Waals surface area (Å²) in [5, 5.41) is 12.5. The van der Waals surface area contributed by atoms with Crippen LogP contribution in [0.3, 0.4) is 0 Å². The summed E-state index contributed by atoms with van der Waals surface area (Å²) in [7, 11) is 0. The molecule has 0 aliphatic carbocycles. The van der Waals surface area contributed by atoms with Gasteiger partial charge in [0.15, 0.2) is 0 Å². The number of fused-ring (bicyclic) bond motifs is 1. The molecule has 0 saturated heterocycles. The van der Waals surface area contributed by atoms with E-state index in [1.165, 1.54) is 0 Å². The first-order chi connectivity index (χ1) is 9.84. The van der Waals surface area contributed by atoms with E-state index >= 15 is 0 Å². The van der Waals surface area contributed by atoms with E-state index < -0.39 is 6.10 Å². The second-order valence-corrected chi connectivity index (χ2v) is 4.82. The molecule has 3 heteroatoms. The average molecular weight is 264 g/mol. The molecule has 1 aromatic carbocycles. The molecule has 20 heavy (non-hydrogen) atoms. The third kappa shape index (κ3) is 2.68. The summed E-state index contributed by atoms with van der Waals surface area (Å²) in [5.41, 5.74) is 1.94. The van der Waals surface area contributed by atoms with Crippen LogP contribution in [0.1, 0.15) is 23.8 Å². The van der Waals surface area contributed by atoms with Gasteiger partial charge in [-0.05, 0) is 42.0 Å². The quantitative estimate of drug-likeness (QED) is 0.786. The van der Waals surface area contributed by atoms with Crippen molar-refractivity contribution in [3.05, 3.63) is 72.3 Å². The minimum Gasteiger partial charge on any atom is -0.388 e. The molecule has 3 nitrogen and oxygen atoms in total. The molecule has 0 aliphatic heterocycles. The molecule has 0 aliphatic rings. The zero-order valence-electron chi connectivity index (χ0n) is 11.1. The van der Waals surface area contributed by atoms with E-state index in [0.29, 0.717) is 6.42 Å². The van der Waals surface area contributed by atoms with Gasteiger partial charge in [-0.25, -0.2) is 0 Å². The maximum atomic E-state index is 10.4. The molecule has 0 saturated carbocycles. The lowest BCUT2D eigenvalue weighted by molar-refractivity contribution is 0.169. The van der Waals surface area contributed by atoms with E-state index in [9.17, 15) is 5.11 Å². The van der Waals surface area contributed by atoms with Crippen molar-refractivity contribution in [3.63, 3.8) is 0 Å². The summed E-state index contributed by atoms with van der Waals surface area (Å²) < 4.78 is 0. The van der Waals surface area contributed by atoms with E-state index in [4.69, 9.17) is 0 Å². The highest BCUT2D eigenvalue weighted by atomic mass is 16.3. The van der Waals surface area contributed by atoms with Crippen LogP contribution in [-0.2, 0) is 6.42 Å². The summed E-state index contributed by atoms with van der Waals surface area (Å²) >= 11 is 0. The monoisotopic (exact) mass is 264 g/mol. The number of aryl methyl sites for hydroxylation is 1. The van der Waals surface area contributed by atoms with Crippen LogP contribution in [0.5, 0.6) is 0 Å². The van der Waals surface area contributed by atoms with Gasteiger partial charge in [-0.2, -0.15) is 0 Å². The number of hydrogen-bond acceptors (Lipinski definition) is 3. The maximum Gasteiger partial charge on any atom is 0.0800 e. The Bertz CT molecular complexity index is 692. The molecule has 1 unspecified atom stereocenters. The highest BCUT2D eigenvalue weighted by Crippen LogP contribution is 2.26. The molecule has 3 rings (SSSR count). The van der Waals surface area contributed by atoms with Crippen molar-refractivity contribution in [1.82, 2.24) is 9.97 Å². The predicted molar refractivity (Wildman–Crippen MR) is 79.3 cm³/mol. The molecule has 1 N–H and O–H groups in total. The normalized spacial score (nSPS) is 12.4. The van der Waals surface area contributed by atoms with Crippen molar-refractivity contribution in [1.29, 1.82) is 0 Å². The highest BCUT2D eigenvalue weighted by Gasteiger charge is 2.11. The molecule has 0 fully saturated rings. The first-order valence-electron chi connectivity index (χ1n) is 6.75. The summed E-state index contributed by atoms with van der Waals surface area (Å²) in [4.78, 5) is 8.43.